The van der Waals surface area contributed by atoms with Crippen LogP contribution in [0.25, 0.3) is 0 Å². The van der Waals surface area contributed by atoms with Crippen LogP contribution in [0, 0.1) is 0 Å². The molecular weight excluding hydrogens is 136 g/mol. The molecule has 2 heteroatoms. The number of hydrogen-bond acceptors (Lipinski definition) is 2. The smallest absolute Gasteiger partial charge is 0.00682 e. The van der Waals surface area contributed by atoms with Gasteiger partial charge in [-0.15, -0.1) is 0 Å². The zero-order valence-electron chi connectivity index (χ0n) is 7.77. The van der Waals surface area contributed by atoms with Crippen molar-refractivity contribution in [3.05, 3.63) is 0 Å². The quantitative estimate of drug-likeness (QED) is 0.579. The van der Waals surface area contributed by atoms with Crippen LogP contribution in [0.5, 0.6) is 0 Å². The molecule has 0 atom stereocenters. The summed E-state index contributed by atoms with van der Waals surface area (Å²) in [5.74, 6) is 0. The van der Waals surface area contributed by atoms with Gasteiger partial charge in [-0.3, -0.25) is 0 Å². The molecule has 0 aromatic carbocycles. The van der Waals surface area contributed by atoms with Crippen LogP contribution in [0.15, 0.2) is 0 Å². The summed E-state index contributed by atoms with van der Waals surface area (Å²) in [6.45, 7) is 2.45. The van der Waals surface area contributed by atoms with Crippen LogP contribution in [-0.2, 0) is 0 Å². The fraction of sp³-hybridized carbons (Fsp3) is 1.00. The highest BCUT2D eigenvalue weighted by Crippen LogP contribution is 2.18. The van der Waals surface area contributed by atoms with E-state index in [1.54, 1.807) is 0 Å². The van der Waals surface area contributed by atoms with E-state index in [0.29, 0.717) is 0 Å². The Morgan fingerprint density at radius 2 is 2.00 bits per heavy atom. The normalized spacial score (nSPS) is 17.7. The van der Waals surface area contributed by atoms with Crippen LogP contribution in [-0.4, -0.2) is 38.1 Å². The molecule has 66 valence electrons. The van der Waals surface area contributed by atoms with E-state index < -0.39 is 0 Å². The van der Waals surface area contributed by atoms with Crippen molar-refractivity contribution >= 4 is 0 Å². The first-order chi connectivity index (χ1) is 5.29. The van der Waals surface area contributed by atoms with Crippen LogP contribution in [0.3, 0.4) is 0 Å². The van der Waals surface area contributed by atoms with Gasteiger partial charge in [-0.25, -0.2) is 0 Å². The minimum Gasteiger partial charge on any atom is -0.314 e. The molecule has 2 nitrogen and oxygen atoms in total. The van der Waals surface area contributed by atoms with Gasteiger partial charge in [0, 0.05) is 6.04 Å². The monoisotopic (exact) mass is 156 g/mol. The summed E-state index contributed by atoms with van der Waals surface area (Å²) in [6.07, 6.45) is 5.47. The molecule has 1 aliphatic carbocycles. The van der Waals surface area contributed by atoms with Crippen LogP contribution in [0.2, 0.25) is 0 Å². The molecule has 1 aliphatic rings. The Kier molecular flexibility index (Phi) is 3.87. The molecule has 0 spiro atoms. The molecule has 0 amide bonds. The third-order valence-corrected chi connectivity index (χ3v) is 2.04. The lowest BCUT2D eigenvalue weighted by Gasteiger charge is -2.08. The molecule has 0 radical (unpaired) electrons. The van der Waals surface area contributed by atoms with Crippen molar-refractivity contribution < 1.29 is 0 Å². The molecule has 0 aliphatic heterocycles. The van der Waals surface area contributed by atoms with Gasteiger partial charge in [0.25, 0.3) is 0 Å². The van der Waals surface area contributed by atoms with Crippen molar-refractivity contribution in [1.82, 2.24) is 10.2 Å². The molecule has 1 saturated carbocycles. The van der Waals surface area contributed by atoms with Crippen molar-refractivity contribution in [2.75, 3.05) is 27.2 Å². The summed E-state index contributed by atoms with van der Waals surface area (Å²) in [7, 11) is 4.27. The maximum absolute atomic E-state index is 3.51. The van der Waals surface area contributed by atoms with Gasteiger partial charge in [0.05, 0.1) is 0 Å². The predicted octanol–water partition coefficient (Wildman–Crippen LogP) is 1.08. The maximum atomic E-state index is 3.51. The molecule has 0 unspecified atom stereocenters. The minimum absolute atomic E-state index is 0.884. The summed E-state index contributed by atoms with van der Waals surface area (Å²) >= 11 is 0. The van der Waals surface area contributed by atoms with Crippen molar-refractivity contribution in [1.29, 1.82) is 0 Å². The van der Waals surface area contributed by atoms with Gasteiger partial charge in [0.15, 0.2) is 0 Å². The zero-order valence-corrected chi connectivity index (χ0v) is 7.77. The fourth-order valence-electron chi connectivity index (χ4n) is 1.15. The fourth-order valence-corrected chi connectivity index (χ4v) is 1.15. The van der Waals surface area contributed by atoms with Crippen LogP contribution >= 0.6 is 0 Å². The van der Waals surface area contributed by atoms with Crippen LogP contribution in [0.4, 0.5) is 0 Å². The van der Waals surface area contributed by atoms with Gasteiger partial charge >= 0.3 is 0 Å². The summed E-state index contributed by atoms with van der Waals surface area (Å²) < 4.78 is 0. The lowest BCUT2D eigenvalue weighted by molar-refractivity contribution is 0.391. The van der Waals surface area contributed by atoms with Crippen molar-refractivity contribution in [2.45, 2.75) is 31.7 Å². The van der Waals surface area contributed by atoms with Gasteiger partial charge < -0.3 is 10.2 Å². The van der Waals surface area contributed by atoms with E-state index in [1.807, 2.05) is 0 Å². The van der Waals surface area contributed by atoms with Crippen molar-refractivity contribution in [3.8, 4) is 0 Å². The first kappa shape index (κ1) is 9.01. The number of hydrogen-bond donors (Lipinski definition) is 1. The SMILES string of the molecule is CN(C)CCCCNC1CC1. The summed E-state index contributed by atoms with van der Waals surface area (Å²) in [6, 6.07) is 0.884. The second-order valence-electron chi connectivity index (χ2n) is 3.74. The molecule has 11 heavy (non-hydrogen) atoms. The molecule has 1 fully saturated rings. The van der Waals surface area contributed by atoms with E-state index in [2.05, 4.69) is 24.3 Å². The third-order valence-electron chi connectivity index (χ3n) is 2.04. The lowest BCUT2D eigenvalue weighted by atomic mass is 10.3. The van der Waals surface area contributed by atoms with Gasteiger partial charge in [-0.05, 0) is 52.9 Å². The number of unbranched alkanes of at least 4 members (excludes halogenated alkanes) is 1. The Bertz CT molecular complexity index is 93.7. The van der Waals surface area contributed by atoms with Gasteiger partial charge in [-0.1, -0.05) is 0 Å². The first-order valence-electron chi connectivity index (χ1n) is 4.67. The number of nitrogens with zero attached hydrogens (tertiary/aromatic N) is 1. The molecule has 0 heterocycles. The summed E-state index contributed by atoms with van der Waals surface area (Å²) in [5, 5.41) is 3.51. The van der Waals surface area contributed by atoms with E-state index >= 15 is 0 Å². The molecule has 0 saturated heterocycles. The van der Waals surface area contributed by atoms with Crippen LogP contribution in [0.1, 0.15) is 25.7 Å². The summed E-state index contributed by atoms with van der Waals surface area (Å²) in [4.78, 5) is 2.25. The Balaban J connectivity index is 1.73. The second-order valence-corrected chi connectivity index (χ2v) is 3.74. The van der Waals surface area contributed by atoms with Crippen LogP contribution < -0.4 is 5.32 Å². The maximum Gasteiger partial charge on any atom is 0.00682 e. The molecule has 1 N–H and O–H groups in total. The van der Waals surface area contributed by atoms with E-state index in [0.717, 1.165) is 6.04 Å². The average molecular weight is 156 g/mol. The molecule has 1 rings (SSSR count). The minimum atomic E-state index is 0.884. The molecule has 0 aromatic rings. The van der Waals surface area contributed by atoms with Gasteiger partial charge in [0.1, 0.15) is 0 Å². The Morgan fingerprint density at radius 3 is 2.55 bits per heavy atom. The van der Waals surface area contributed by atoms with Gasteiger partial charge in [-0.2, -0.15) is 0 Å². The third kappa shape index (κ3) is 5.22. The number of rotatable bonds is 6. The summed E-state index contributed by atoms with van der Waals surface area (Å²) in [5.41, 5.74) is 0. The van der Waals surface area contributed by atoms with E-state index in [-0.39, 0.29) is 0 Å². The first-order valence-corrected chi connectivity index (χ1v) is 4.67. The second kappa shape index (κ2) is 4.73. The Labute approximate surface area is 70.0 Å². The lowest BCUT2D eigenvalue weighted by Crippen LogP contribution is -2.19. The number of nitrogens with one attached hydrogen (secondary N) is 1. The molecular formula is C9H20N2. The average Bonchev–Trinajstić information content (AvgIpc) is 2.70. The van der Waals surface area contributed by atoms with E-state index in [1.165, 1.54) is 38.8 Å². The van der Waals surface area contributed by atoms with Gasteiger partial charge in [0.2, 0.25) is 0 Å². The van der Waals surface area contributed by atoms with Crippen molar-refractivity contribution in [3.63, 3.8) is 0 Å². The van der Waals surface area contributed by atoms with E-state index in [4.69, 9.17) is 0 Å². The topological polar surface area (TPSA) is 15.3 Å². The molecule has 0 aromatic heterocycles. The highest BCUT2D eigenvalue weighted by Gasteiger charge is 2.19. The molecule has 0 bridgehead atoms. The Morgan fingerprint density at radius 1 is 1.27 bits per heavy atom. The standard InChI is InChI=1S/C9H20N2/c1-11(2)8-4-3-7-10-9-5-6-9/h9-10H,3-8H2,1-2H3. The highest BCUT2D eigenvalue weighted by atomic mass is 15.0. The van der Waals surface area contributed by atoms with Crippen molar-refractivity contribution in [2.24, 2.45) is 0 Å². The highest BCUT2D eigenvalue weighted by molar-refractivity contribution is 4.80. The zero-order chi connectivity index (χ0) is 8.10. The van der Waals surface area contributed by atoms with E-state index in [9.17, 15) is 0 Å². The largest absolute Gasteiger partial charge is 0.314 e. The predicted molar refractivity (Wildman–Crippen MR) is 48.8 cm³/mol. The Hall–Kier alpha value is -0.0800.